The largest absolute Gasteiger partial charge is 0.479 e. The SMILES string of the molecule is CC/C=C\C/C=C\C/C=C\C/C=C\C/C=C\CCCCCC(=O)OCC(COC1OC(C(=O)O)C(O)C(O)C1OC(=O)CCCCCC/C=C\C/C=C\C/C=C\C/C=C\CC)OC(=O)CCCCCCCCCCCCC. The van der Waals surface area contributed by atoms with Crippen molar-refractivity contribution in [2.24, 2.45) is 0 Å². The molecule has 1 aliphatic rings. The van der Waals surface area contributed by atoms with Crippen LogP contribution in [0.15, 0.2) is 109 Å². The summed E-state index contributed by atoms with van der Waals surface area (Å²) in [5.41, 5.74) is 0. The van der Waals surface area contributed by atoms with Crippen LogP contribution in [-0.4, -0.2) is 89.2 Å². The monoisotopic (exact) mass is 1080 g/mol. The summed E-state index contributed by atoms with van der Waals surface area (Å²) in [5.74, 6) is -3.20. The molecule has 1 saturated heterocycles. The van der Waals surface area contributed by atoms with Crippen molar-refractivity contribution >= 4 is 23.9 Å². The maximum atomic E-state index is 13.1. The number of aliphatic carboxylic acids is 1. The Kier molecular flexibility index (Phi) is 47.6. The van der Waals surface area contributed by atoms with Gasteiger partial charge in [-0.25, -0.2) is 4.79 Å². The lowest BCUT2D eigenvalue weighted by molar-refractivity contribution is -0.301. The third kappa shape index (κ3) is 42.1. The van der Waals surface area contributed by atoms with Gasteiger partial charge in [0.05, 0.1) is 6.61 Å². The molecule has 0 radical (unpaired) electrons. The Labute approximate surface area is 465 Å². The Morgan fingerprint density at radius 2 is 0.818 bits per heavy atom. The van der Waals surface area contributed by atoms with Crippen LogP contribution < -0.4 is 0 Å². The van der Waals surface area contributed by atoms with Crippen LogP contribution in [0, 0.1) is 0 Å². The number of ether oxygens (including phenoxy) is 5. The number of hydrogen-bond donors (Lipinski definition) is 3. The number of rotatable bonds is 49. The summed E-state index contributed by atoms with van der Waals surface area (Å²) in [6.07, 6.45) is 57.7. The van der Waals surface area contributed by atoms with E-state index in [-0.39, 0.29) is 25.9 Å². The van der Waals surface area contributed by atoms with Crippen LogP contribution in [0.1, 0.15) is 226 Å². The van der Waals surface area contributed by atoms with E-state index >= 15 is 0 Å². The molecule has 1 heterocycles. The molecule has 6 unspecified atom stereocenters. The second kappa shape index (κ2) is 52.1. The molecule has 1 rings (SSSR count). The van der Waals surface area contributed by atoms with Gasteiger partial charge in [-0.05, 0) is 103 Å². The Bertz CT molecular complexity index is 1750. The molecular weight excluding hydrogens is 973 g/mol. The molecule has 436 valence electrons. The molecule has 0 spiro atoms. The molecule has 0 amide bonds. The zero-order valence-electron chi connectivity index (χ0n) is 47.9. The van der Waals surface area contributed by atoms with Crippen molar-refractivity contribution in [1.29, 1.82) is 0 Å². The van der Waals surface area contributed by atoms with Crippen LogP contribution in [0.25, 0.3) is 0 Å². The number of carboxylic acid groups (broad SMARTS) is 1. The molecule has 0 aliphatic carbocycles. The Balaban J connectivity index is 2.70. The van der Waals surface area contributed by atoms with Crippen LogP contribution in [0.4, 0.5) is 0 Å². The van der Waals surface area contributed by atoms with Gasteiger partial charge in [-0.3, -0.25) is 14.4 Å². The van der Waals surface area contributed by atoms with E-state index in [2.05, 4.69) is 130 Å². The summed E-state index contributed by atoms with van der Waals surface area (Å²) in [6.45, 7) is 5.71. The van der Waals surface area contributed by atoms with Crippen LogP contribution in [0.5, 0.6) is 0 Å². The van der Waals surface area contributed by atoms with Gasteiger partial charge in [0.25, 0.3) is 0 Å². The minimum Gasteiger partial charge on any atom is -0.479 e. The average Bonchev–Trinajstić information content (AvgIpc) is 3.41. The lowest BCUT2D eigenvalue weighted by Gasteiger charge is -2.40. The number of aliphatic hydroxyl groups excluding tert-OH is 2. The van der Waals surface area contributed by atoms with E-state index < -0.39 is 67.3 Å². The van der Waals surface area contributed by atoms with Crippen LogP contribution in [-0.2, 0) is 42.9 Å². The standard InChI is InChI=1S/C65H104O12/c1-4-7-10-13-16-19-22-24-26-28-29-31-32-34-37-39-42-45-48-51-57(66)73-54-56(75-58(67)52-49-46-43-40-36-21-18-15-12-9-6-3)55-74-65-63(61(70)60(69)62(77-65)64(71)72)76-59(68)53-50-47-44-41-38-35-33-30-27-25-23-20-17-14-11-8-5-2/h7-8,10-11,16-17,19-20,24-27,29,31,33-35,37,56,60-63,65,69-70H,4-6,9,12-15,18,21-23,28,30,32,36,38-55H2,1-3H3,(H,71,72)/b10-7-,11-8-,19-16-,20-17-,26-24-,27-25-,31-29-,35-33-,37-34-. The van der Waals surface area contributed by atoms with Crippen LogP contribution in [0.2, 0.25) is 0 Å². The van der Waals surface area contributed by atoms with Gasteiger partial charge in [-0.2, -0.15) is 0 Å². The van der Waals surface area contributed by atoms with Gasteiger partial charge in [-0.1, -0.05) is 214 Å². The van der Waals surface area contributed by atoms with Crippen molar-refractivity contribution < 1.29 is 58.2 Å². The summed E-state index contributed by atoms with van der Waals surface area (Å²) in [5, 5.41) is 31.5. The fourth-order valence-electron chi connectivity index (χ4n) is 8.33. The quantitative estimate of drug-likeness (QED) is 0.0228. The van der Waals surface area contributed by atoms with Crippen LogP contribution in [0.3, 0.4) is 0 Å². The van der Waals surface area contributed by atoms with E-state index in [0.29, 0.717) is 19.3 Å². The summed E-state index contributed by atoms with van der Waals surface area (Å²) >= 11 is 0. The lowest BCUT2D eigenvalue weighted by atomic mass is 9.98. The topological polar surface area (TPSA) is 175 Å². The fraction of sp³-hybridized carbons (Fsp3) is 0.662. The maximum Gasteiger partial charge on any atom is 0.335 e. The second-order valence-electron chi connectivity index (χ2n) is 19.9. The highest BCUT2D eigenvalue weighted by Crippen LogP contribution is 2.26. The summed E-state index contributed by atoms with van der Waals surface area (Å²) < 4.78 is 28.4. The third-order valence-corrected chi connectivity index (χ3v) is 12.8. The minimum atomic E-state index is -1.92. The molecule has 77 heavy (non-hydrogen) atoms. The predicted molar refractivity (Wildman–Crippen MR) is 312 cm³/mol. The van der Waals surface area contributed by atoms with Gasteiger partial charge >= 0.3 is 23.9 Å². The highest BCUT2D eigenvalue weighted by atomic mass is 16.7. The molecule has 3 N–H and O–H groups in total. The number of aliphatic hydroxyl groups is 2. The smallest absolute Gasteiger partial charge is 0.335 e. The number of carbonyl (C=O) groups is 4. The van der Waals surface area contributed by atoms with Crippen molar-refractivity contribution in [3.8, 4) is 0 Å². The number of allylic oxidation sites excluding steroid dienone is 18. The van der Waals surface area contributed by atoms with Crippen molar-refractivity contribution in [2.45, 2.75) is 263 Å². The first kappa shape index (κ1) is 70.4. The van der Waals surface area contributed by atoms with Gasteiger partial charge in [0.15, 0.2) is 24.6 Å². The predicted octanol–water partition coefficient (Wildman–Crippen LogP) is 15.4. The molecule has 1 aliphatic heterocycles. The number of carbonyl (C=O) groups excluding carboxylic acids is 3. The summed E-state index contributed by atoms with van der Waals surface area (Å²) in [7, 11) is 0. The normalized spacial score (nSPS) is 18.8. The van der Waals surface area contributed by atoms with Crippen molar-refractivity contribution in [3.63, 3.8) is 0 Å². The maximum absolute atomic E-state index is 13.1. The second-order valence-corrected chi connectivity index (χ2v) is 19.9. The first-order valence-electron chi connectivity index (χ1n) is 29.9. The average molecular weight is 1080 g/mol. The highest BCUT2D eigenvalue weighted by Gasteiger charge is 2.50. The Morgan fingerprint density at radius 1 is 0.442 bits per heavy atom. The van der Waals surface area contributed by atoms with Gasteiger partial charge < -0.3 is 39.0 Å². The molecule has 12 heteroatoms. The van der Waals surface area contributed by atoms with Gasteiger partial charge in [0, 0.05) is 19.3 Å². The minimum absolute atomic E-state index is 0.0248. The summed E-state index contributed by atoms with van der Waals surface area (Å²) in [6, 6.07) is 0. The molecule has 0 saturated carbocycles. The van der Waals surface area contributed by atoms with E-state index in [1.165, 1.54) is 44.9 Å². The highest BCUT2D eigenvalue weighted by molar-refractivity contribution is 5.74. The molecule has 0 aromatic heterocycles. The zero-order chi connectivity index (χ0) is 56.1. The molecule has 0 bridgehead atoms. The summed E-state index contributed by atoms with van der Waals surface area (Å²) in [4.78, 5) is 51.1. The number of esters is 3. The van der Waals surface area contributed by atoms with Gasteiger partial charge in [0.1, 0.15) is 18.8 Å². The van der Waals surface area contributed by atoms with Crippen molar-refractivity contribution in [3.05, 3.63) is 109 Å². The van der Waals surface area contributed by atoms with Crippen molar-refractivity contribution in [2.75, 3.05) is 13.2 Å². The fourth-order valence-corrected chi connectivity index (χ4v) is 8.33. The van der Waals surface area contributed by atoms with Gasteiger partial charge in [-0.15, -0.1) is 0 Å². The van der Waals surface area contributed by atoms with Crippen molar-refractivity contribution in [1.82, 2.24) is 0 Å². The van der Waals surface area contributed by atoms with Crippen LogP contribution >= 0.6 is 0 Å². The molecular formula is C65H104O12. The molecule has 0 aromatic rings. The number of carboxylic acids is 1. The molecule has 12 nitrogen and oxygen atoms in total. The first-order valence-corrected chi connectivity index (χ1v) is 29.9. The lowest BCUT2D eigenvalue weighted by Crippen LogP contribution is -2.61. The Morgan fingerprint density at radius 3 is 1.26 bits per heavy atom. The number of unbranched alkanes of at least 4 members (excludes halogenated alkanes) is 17. The van der Waals surface area contributed by atoms with E-state index in [0.717, 1.165) is 122 Å². The van der Waals surface area contributed by atoms with Gasteiger partial charge in [0.2, 0.25) is 0 Å². The number of hydrogen-bond acceptors (Lipinski definition) is 11. The van der Waals surface area contributed by atoms with E-state index in [9.17, 15) is 34.5 Å². The Hall–Kier alpha value is -4.62. The van der Waals surface area contributed by atoms with E-state index in [1.54, 1.807) is 0 Å². The van der Waals surface area contributed by atoms with E-state index in [1.807, 2.05) is 0 Å². The first-order chi connectivity index (χ1) is 37.6. The molecule has 1 fully saturated rings. The van der Waals surface area contributed by atoms with E-state index in [4.69, 9.17) is 23.7 Å². The molecule has 0 aromatic carbocycles. The third-order valence-electron chi connectivity index (χ3n) is 12.8. The zero-order valence-corrected chi connectivity index (χ0v) is 47.9. The molecule has 6 atom stereocenters.